The van der Waals surface area contributed by atoms with Gasteiger partial charge in [0.15, 0.2) is 0 Å². The number of fused-ring (bicyclic) bond motifs is 1. The average Bonchev–Trinajstić information content (AvgIpc) is 2.27. The van der Waals surface area contributed by atoms with E-state index in [4.69, 9.17) is 0 Å². The minimum atomic E-state index is -0.518. The summed E-state index contributed by atoms with van der Waals surface area (Å²) in [4.78, 5) is 4.32. The summed E-state index contributed by atoms with van der Waals surface area (Å²) in [7, 11) is 0. The smallest absolute Gasteiger partial charge is 0.0847 e. The van der Waals surface area contributed by atoms with E-state index in [9.17, 15) is 5.11 Å². The number of aliphatic hydroxyl groups excluding tert-OH is 1. The van der Waals surface area contributed by atoms with Crippen molar-refractivity contribution in [2.24, 2.45) is 0 Å². The Morgan fingerprint density at radius 2 is 2.12 bits per heavy atom. The molecule has 2 heteroatoms. The highest BCUT2D eigenvalue weighted by Gasteiger charge is 2.11. The van der Waals surface area contributed by atoms with Crippen molar-refractivity contribution in [1.29, 1.82) is 0 Å². The van der Waals surface area contributed by atoms with E-state index in [1.54, 1.807) is 6.20 Å². The number of aromatic nitrogens is 1. The van der Waals surface area contributed by atoms with E-state index < -0.39 is 6.10 Å². The largest absolute Gasteiger partial charge is 0.388 e. The Balaban J connectivity index is 2.47. The summed E-state index contributed by atoms with van der Waals surface area (Å²) in [6.07, 6.45) is 1.81. The van der Waals surface area contributed by atoms with Gasteiger partial charge < -0.3 is 5.11 Å². The minimum absolute atomic E-state index is 0.518. The first-order chi connectivity index (χ1) is 7.68. The van der Waals surface area contributed by atoms with Crippen molar-refractivity contribution in [1.82, 2.24) is 4.98 Å². The normalized spacial score (nSPS) is 12.6. The van der Waals surface area contributed by atoms with Gasteiger partial charge in [0.1, 0.15) is 0 Å². The third-order valence-electron chi connectivity index (χ3n) is 2.56. The fraction of sp³-hybridized carbons (Fsp3) is 0.214. The molecule has 1 heterocycles. The number of para-hydroxylation sites is 1. The van der Waals surface area contributed by atoms with Crippen molar-refractivity contribution in [2.45, 2.75) is 19.4 Å². The van der Waals surface area contributed by atoms with Gasteiger partial charge in [-0.1, -0.05) is 29.8 Å². The van der Waals surface area contributed by atoms with E-state index in [-0.39, 0.29) is 0 Å². The molecule has 1 N–H and O–H groups in total. The Labute approximate surface area is 95.3 Å². The topological polar surface area (TPSA) is 33.1 Å². The highest BCUT2D eigenvalue weighted by atomic mass is 16.3. The van der Waals surface area contributed by atoms with E-state index in [1.165, 1.54) is 0 Å². The first-order valence-corrected chi connectivity index (χ1v) is 5.34. The van der Waals surface area contributed by atoms with Gasteiger partial charge in [0, 0.05) is 17.1 Å². The fourth-order valence-electron chi connectivity index (χ4n) is 1.84. The van der Waals surface area contributed by atoms with Crippen LogP contribution in [0.1, 0.15) is 25.0 Å². The van der Waals surface area contributed by atoms with Gasteiger partial charge in [-0.15, -0.1) is 6.58 Å². The van der Waals surface area contributed by atoms with E-state index in [0.717, 1.165) is 22.0 Å². The van der Waals surface area contributed by atoms with Gasteiger partial charge in [-0.25, -0.2) is 0 Å². The van der Waals surface area contributed by atoms with Crippen LogP contribution in [0.2, 0.25) is 0 Å². The molecule has 0 bridgehead atoms. The maximum Gasteiger partial charge on any atom is 0.0847 e. The predicted molar refractivity (Wildman–Crippen MR) is 66.1 cm³/mol. The Morgan fingerprint density at radius 3 is 2.88 bits per heavy atom. The number of nitrogens with zero attached hydrogens (tertiary/aromatic N) is 1. The van der Waals surface area contributed by atoms with Gasteiger partial charge in [-0.05, 0) is 19.4 Å². The number of hydrogen-bond donors (Lipinski definition) is 1. The number of hydrogen-bond acceptors (Lipinski definition) is 2. The molecule has 1 aromatic carbocycles. The second kappa shape index (κ2) is 4.45. The summed E-state index contributed by atoms with van der Waals surface area (Å²) in [6.45, 7) is 5.74. The second-order valence-corrected chi connectivity index (χ2v) is 4.10. The lowest BCUT2D eigenvalue weighted by molar-refractivity contribution is 0.180. The Morgan fingerprint density at radius 1 is 1.38 bits per heavy atom. The van der Waals surface area contributed by atoms with E-state index >= 15 is 0 Å². The fourth-order valence-corrected chi connectivity index (χ4v) is 1.84. The highest BCUT2D eigenvalue weighted by molar-refractivity contribution is 5.81. The summed E-state index contributed by atoms with van der Waals surface area (Å²) in [6, 6.07) is 9.76. The van der Waals surface area contributed by atoms with Gasteiger partial charge >= 0.3 is 0 Å². The number of pyridine rings is 1. The minimum Gasteiger partial charge on any atom is -0.388 e. The third kappa shape index (κ3) is 2.12. The SMILES string of the molecule is C=C(C)CC(O)c1cccc2cccnc12. The van der Waals surface area contributed by atoms with Crippen LogP contribution in [-0.2, 0) is 0 Å². The maximum atomic E-state index is 10.1. The van der Waals surface area contributed by atoms with Crippen LogP contribution in [0.15, 0.2) is 48.7 Å². The molecule has 0 aliphatic carbocycles. The van der Waals surface area contributed by atoms with Crippen LogP contribution >= 0.6 is 0 Å². The maximum absolute atomic E-state index is 10.1. The lowest BCUT2D eigenvalue weighted by atomic mass is 10.0. The molecule has 2 rings (SSSR count). The molecule has 0 saturated heterocycles. The van der Waals surface area contributed by atoms with Gasteiger partial charge in [-0.3, -0.25) is 4.98 Å². The standard InChI is InChI=1S/C14H15NO/c1-10(2)9-13(16)12-7-3-5-11-6-4-8-15-14(11)12/h3-8,13,16H,1,9H2,2H3. The lowest BCUT2D eigenvalue weighted by Crippen LogP contribution is -1.99. The van der Waals surface area contributed by atoms with Crippen LogP contribution in [0.25, 0.3) is 10.9 Å². The van der Waals surface area contributed by atoms with Crippen LogP contribution in [-0.4, -0.2) is 10.1 Å². The molecule has 2 aromatic rings. The van der Waals surface area contributed by atoms with Crippen molar-refractivity contribution in [3.8, 4) is 0 Å². The summed E-state index contributed by atoms with van der Waals surface area (Å²) in [5.74, 6) is 0. The lowest BCUT2D eigenvalue weighted by Gasteiger charge is -2.12. The van der Waals surface area contributed by atoms with Crippen molar-refractivity contribution in [3.63, 3.8) is 0 Å². The van der Waals surface area contributed by atoms with Crippen LogP contribution in [0.4, 0.5) is 0 Å². The number of rotatable bonds is 3. The Bertz CT molecular complexity index is 514. The molecule has 0 radical (unpaired) electrons. The quantitative estimate of drug-likeness (QED) is 0.794. The predicted octanol–water partition coefficient (Wildman–Crippen LogP) is 3.23. The Kier molecular flexibility index (Phi) is 3.02. The monoisotopic (exact) mass is 213 g/mol. The van der Waals surface area contributed by atoms with Crippen molar-refractivity contribution < 1.29 is 5.11 Å². The van der Waals surface area contributed by atoms with E-state index in [0.29, 0.717) is 6.42 Å². The van der Waals surface area contributed by atoms with E-state index in [1.807, 2.05) is 37.3 Å². The summed E-state index contributed by atoms with van der Waals surface area (Å²) < 4.78 is 0. The molecule has 1 unspecified atom stereocenters. The molecule has 0 aliphatic heterocycles. The molecule has 16 heavy (non-hydrogen) atoms. The molecule has 0 amide bonds. The molecule has 2 nitrogen and oxygen atoms in total. The molecule has 0 saturated carbocycles. The first-order valence-electron chi connectivity index (χ1n) is 5.34. The summed E-state index contributed by atoms with van der Waals surface area (Å²) in [5.41, 5.74) is 2.72. The van der Waals surface area contributed by atoms with Gasteiger partial charge in [0.25, 0.3) is 0 Å². The van der Waals surface area contributed by atoms with Crippen molar-refractivity contribution in [3.05, 3.63) is 54.2 Å². The number of aliphatic hydroxyl groups is 1. The molecule has 1 atom stereocenters. The zero-order chi connectivity index (χ0) is 11.5. The third-order valence-corrected chi connectivity index (χ3v) is 2.56. The molecule has 0 fully saturated rings. The summed E-state index contributed by atoms with van der Waals surface area (Å²) >= 11 is 0. The average molecular weight is 213 g/mol. The molecule has 82 valence electrons. The molecule has 0 aliphatic rings. The zero-order valence-corrected chi connectivity index (χ0v) is 9.35. The van der Waals surface area contributed by atoms with Gasteiger partial charge in [0.2, 0.25) is 0 Å². The number of benzene rings is 1. The second-order valence-electron chi connectivity index (χ2n) is 4.10. The molecular weight excluding hydrogens is 198 g/mol. The van der Waals surface area contributed by atoms with Crippen molar-refractivity contribution >= 4 is 10.9 Å². The van der Waals surface area contributed by atoms with Crippen LogP contribution in [0.3, 0.4) is 0 Å². The van der Waals surface area contributed by atoms with Crippen molar-refractivity contribution in [2.75, 3.05) is 0 Å². The Hall–Kier alpha value is -1.67. The van der Waals surface area contributed by atoms with Crippen LogP contribution in [0.5, 0.6) is 0 Å². The zero-order valence-electron chi connectivity index (χ0n) is 9.35. The molecular formula is C14H15NO. The highest BCUT2D eigenvalue weighted by Crippen LogP contribution is 2.26. The molecule has 1 aromatic heterocycles. The molecule has 0 spiro atoms. The van der Waals surface area contributed by atoms with E-state index in [2.05, 4.69) is 11.6 Å². The van der Waals surface area contributed by atoms with Crippen LogP contribution < -0.4 is 0 Å². The van der Waals surface area contributed by atoms with Gasteiger partial charge in [0.05, 0.1) is 11.6 Å². The van der Waals surface area contributed by atoms with Gasteiger partial charge in [-0.2, -0.15) is 0 Å². The van der Waals surface area contributed by atoms with Crippen LogP contribution in [0, 0.1) is 0 Å². The first kappa shape index (κ1) is 10.8. The summed E-state index contributed by atoms with van der Waals surface area (Å²) in [5, 5.41) is 11.1.